The van der Waals surface area contributed by atoms with E-state index in [-0.39, 0.29) is 30.0 Å². The molecule has 1 aromatic heterocycles. The Balaban J connectivity index is 1.32. The van der Waals surface area contributed by atoms with E-state index >= 15 is 0 Å². The smallest absolute Gasteiger partial charge is 0.269 e. The van der Waals surface area contributed by atoms with Gasteiger partial charge in [-0.05, 0) is 44.4 Å². The van der Waals surface area contributed by atoms with Gasteiger partial charge in [0.25, 0.3) is 5.91 Å². The summed E-state index contributed by atoms with van der Waals surface area (Å²) in [5.74, 6) is 0.821. The van der Waals surface area contributed by atoms with Crippen molar-refractivity contribution in [2.24, 2.45) is 5.92 Å². The van der Waals surface area contributed by atoms with Gasteiger partial charge in [0.2, 0.25) is 5.91 Å². The Kier molecular flexibility index (Phi) is 5.96. The first kappa shape index (κ1) is 19.4. The van der Waals surface area contributed by atoms with Crippen LogP contribution in [-0.4, -0.2) is 81.1 Å². The lowest BCUT2D eigenvalue weighted by Crippen LogP contribution is -2.47. The minimum Gasteiger partial charge on any atom is -0.393 e. The van der Waals surface area contributed by atoms with Crippen LogP contribution in [0.2, 0.25) is 0 Å². The number of aliphatic hydroxyl groups excluding tert-OH is 1. The number of likely N-dealkylation sites (tertiary alicyclic amines) is 2. The summed E-state index contributed by atoms with van der Waals surface area (Å²) in [6.45, 7) is 2.96. The number of nitrogens with zero attached hydrogens (tertiary/aromatic N) is 3. The summed E-state index contributed by atoms with van der Waals surface area (Å²) in [5.41, 5.74) is 0.478. The van der Waals surface area contributed by atoms with Crippen LogP contribution >= 0.6 is 0 Å². The zero-order valence-corrected chi connectivity index (χ0v) is 16.3. The Morgan fingerprint density at radius 1 is 1.14 bits per heavy atom. The number of hydrogen-bond acceptors (Lipinski definition) is 5. The number of imidazole rings is 1. The lowest BCUT2D eigenvalue weighted by atomic mass is 10.1. The summed E-state index contributed by atoms with van der Waals surface area (Å²) in [5, 5.41) is 12.7. The topological polar surface area (TPSA) is 102 Å². The van der Waals surface area contributed by atoms with Crippen LogP contribution in [0.4, 0.5) is 0 Å². The molecule has 1 saturated carbocycles. The Morgan fingerprint density at radius 2 is 1.89 bits per heavy atom. The monoisotopic (exact) mass is 389 g/mol. The van der Waals surface area contributed by atoms with E-state index in [2.05, 4.69) is 20.2 Å². The lowest BCUT2D eigenvalue weighted by Gasteiger charge is -2.33. The van der Waals surface area contributed by atoms with Crippen LogP contribution in [0, 0.1) is 5.92 Å². The van der Waals surface area contributed by atoms with Gasteiger partial charge in [0.15, 0.2) is 0 Å². The SMILES string of the molecule is O=C(NC[C@@H]1CC[C@H](CC(=O)N2CCC(O)CC2)N1CC1CC1)c1cnc[nH]1. The van der Waals surface area contributed by atoms with E-state index in [1.54, 1.807) is 0 Å². The predicted octanol–water partition coefficient (Wildman–Crippen LogP) is 0.756. The van der Waals surface area contributed by atoms with Gasteiger partial charge in [-0.3, -0.25) is 14.5 Å². The molecule has 0 aromatic carbocycles. The molecule has 4 rings (SSSR count). The normalized spacial score (nSPS) is 26.5. The summed E-state index contributed by atoms with van der Waals surface area (Å²) in [7, 11) is 0. The molecule has 0 unspecified atom stereocenters. The van der Waals surface area contributed by atoms with Crippen LogP contribution in [0.15, 0.2) is 12.5 Å². The van der Waals surface area contributed by atoms with Gasteiger partial charge in [0, 0.05) is 44.7 Å². The van der Waals surface area contributed by atoms with Crippen molar-refractivity contribution in [2.45, 2.75) is 63.1 Å². The molecular formula is C20H31N5O3. The highest BCUT2D eigenvalue weighted by Crippen LogP contribution is 2.35. The molecule has 154 valence electrons. The number of aliphatic hydroxyl groups is 1. The van der Waals surface area contributed by atoms with Crippen molar-refractivity contribution in [1.29, 1.82) is 0 Å². The maximum Gasteiger partial charge on any atom is 0.269 e. The molecule has 2 saturated heterocycles. The Labute approximate surface area is 165 Å². The van der Waals surface area contributed by atoms with E-state index in [1.807, 2.05) is 4.90 Å². The maximum atomic E-state index is 12.8. The van der Waals surface area contributed by atoms with Crippen LogP contribution in [0.3, 0.4) is 0 Å². The van der Waals surface area contributed by atoms with Crippen molar-refractivity contribution < 1.29 is 14.7 Å². The van der Waals surface area contributed by atoms with Crippen molar-refractivity contribution in [3.63, 3.8) is 0 Å². The largest absolute Gasteiger partial charge is 0.393 e. The lowest BCUT2D eigenvalue weighted by molar-refractivity contribution is -0.134. The van der Waals surface area contributed by atoms with E-state index in [0.29, 0.717) is 44.6 Å². The summed E-state index contributed by atoms with van der Waals surface area (Å²) in [6, 6.07) is 0.544. The van der Waals surface area contributed by atoms with E-state index in [4.69, 9.17) is 0 Å². The molecule has 0 radical (unpaired) electrons. The molecule has 3 heterocycles. The zero-order chi connectivity index (χ0) is 19.5. The fourth-order valence-corrected chi connectivity index (χ4v) is 4.48. The second kappa shape index (κ2) is 8.61. The van der Waals surface area contributed by atoms with Gasteiger partial charge in [0.05, 0.1) is 18.6 Å². The predicted molar refractivity (Wildman–Crippen MR) is 104 cm³/mol. The summed E-state index contributed by atoms with van der Waals surface area (Å²) >= 11 is 0. The van der Waals surface area contributed by atoms with E-state index in [1.165, 1.54) is 25.4 Å². The molecule has 2 atom stereocenters. The number of carbonyl (C=O) groups excluding carboxylic acids is 2. The molecule has 2 amide bonds. The first-order chi connectivity index (χ1) is 13.6. The molecular weight excluding hydrogens is 358 g/mol. The van der Waals surface area contributed by atoms with Crippen molar-refractivity contribution in [1.82, 2.24) is 25.1 Å². The van der Waals surface area contributed by atoms with Gasteiger partial charge < -0.3 is 20.3 Å². The Morgan fingerprint density at radius 3 is 2.57 bits per heavy atom. The molecule has 2 aliphatic heterocycles. The molecule has 0 spiro atoms. The van der Waals surface area contributed by atoms with E-state index in [0.717, 1.165) is 25.3 Å². The number of piperidine rings is 1. The van der Waals surface area contributed by atoms with E-state index in [9.17, 15) is 14.7 Å². The molecule has 8 nitrogen and oxygen atoms in total. The molecule has 3 N–H and O–H groups in total. The highest BCUT2D eigenvalue weighted by atomic mass is 16.3. The summed E-state index contributed by atoms with van der Waals surface area (Å²) < 4.78 is 0. The van der Waals surface area contributed by atoms with Crippen LogP contribution in [0.1, 0.15) is 55.4 Å². The van der Waals surface area contributed by atoms with Crippen LogP contribution in [0.5, 0.6) is 0 Å². The number of nitrogens with one attached hydrogen (secondary N) is 2. The van der Waals surface area contributed by atoms with Crippen molar-refractivity contribution in [2.75, 3.05) is 26.2 Å². The highest BCUT2D eigenvalue weighted by molar-refractivity contribution is 5.91. The van der Waals surface area contributed by atoms with E-state index < -0.39 is 0 Å². The van der Waals surface area contributed by atoms with Crippen LogP contribution < -0.4 is 5.32 Å². The highest BCUT2D eigenvalue weighted by Gasteiger charge is 2.38. The number of hydrogen-bond donors (Lipinski definition) is 3. The number of amides is 2. The zero-order valence-electron chi connectivity index (χ0n) is 16.3. The van der Waals surface area contributed by atoms with Crippen molar-refractivity contribution in [3.8, 4) is 0 Å². The average Bonchev–Trinajstić information content (AvgIpc) is 3.19. The second-order valence-electron chi connectivity index (χ2n) is 8.52. The number of aromatic amines is 1. The molecule has 3 aliphatic rings. The van der Waals surface area contributed by atoms with Crippen molar-refractivity contribution in [3.05, 3.63) is 18.2 Å². The quantitative estimate of drug-likeness (QED) is 0.639. The van der Waals surface area contributed by atoms with Gasteiger partial charge in [-0.25, -0.2) is 4.98 Å². The second-order valence-corrected chi connectivity index (χ2v) is 8.52. The fourth-order valence-electron chi connectivity index (χ4n) is 4.48. The Hall–Kier alpha value is -1.93. The molecule has 1 aliphatic carbocycles. The first-order valence-electron chi connectivity index (χ1n) is 10.6. The third-order valence-corrected chi connectivity index (χ3v) is 6.41. The molecule has 28 heavy (non-hydrogen) atoms. The minimum atomic E-state index is -0.259. The molecule has 1 aromatic rings. The van der Waals surface area contributed by atoms with Gasteiger partial charge in [-0.2, -0.15) is 0 Å². The minimum absolute atomic E-state index is 0.129. The third kappa shape index (κ3) is 4.72. The molecule has 0 bridgehead atoms. The molecule has 3 fully saturated rings. The fraction of sp³-hybridized carbons (Fsp3) is 0.750. The maximum absolute atomic E-state index is 12.8. The van der Waals surface area contributed by atoms with Gasteiger partial charge >= 0.3 is 0 Å². The third-order valence-electron chi connectivity index (χ3n) is 6.41. The number of H-pyrrole nitrogens is 1. The number of aromatic nitrogens is 2. The van der Waals surface area contributed by atoms with Crippen LogP contribution in [-0.2, 0) is 4.79 Å². The van der Waals surface area contributed by atoms with Gasteiger partial charge in [-0.15, -0.1) is 0 Å². The average molecular weight is 390 g/mol. The summed E-state index contributed by atoms with van der Waals surface area (Å²) in [4.78, 5) is 36.1. The number of rotatable bonds is 7. The van der Waals surface area contributed by atoms with Gasteiger partial charge in [0.1, 0.15) is 5.69 Å². The number of carbonyl (C=O) groups is 2. The van der Waals surface area contributed by atoms with Crippen LogP contribution in [0.25, 0.3) is 0 Å². The van der Waals surface area contributed by atoms with Crippen molar-refractivity contribution >= 4 is 11.8 Å². The standard InChI is InChI=1S/C20H31N5O3/c26-17-5-7-24(8-6-17)19(27)9-15-3-4-16(25(15)12-14-1-2-14)10-22-20(28)18-11-21-13-23-18/h11,13-17,26H,1-10,12H2,(H,21,23)(H,22,28)/t15-,16+/m1/s1. The molecule has 8 heteroatoms. The Bertz CT molecular complexity index is 667. The summed E-state index contributed by atoms with van der Waals surface area (Å²) in [6.07, 6.45) is 9.25. The first-order valence-corrected chi connectivity index (χ1v) is 10.6. The van der Waals surface area contributed by atoms with Gasteiger partial charge in [-0.1, -0.05) is 0 Å².